The molecule has 0 atom stereocenters. The van der Waals surface area contributed by atoms with E-state index in [1.54, 1.807) is 11.3 Å². The van der Waals surface area contributed by atoms with Crippen molar-refractivity contribution in [1.82, 2.24) is 20.1 Å². The van der Waals surface area contributed by atoms with E-state index in [9.17, 15) is 4.79 Å². The fourth-order valence-corrected chi connectivity index (χ4v) is 5.76. The number of nitrogens with one attached hydrogen (secondary N) is 1. The van der Waals surface area contributed by atoms with Gasteiger partial charge in [-0.15, -0.1) is 23.2 Å². The van der Waals surface area contributed by atoms with E-state index in [2.05, 4.69) is 63.7 Å². The SMILES string of the molecule is CC#CCCN(C)CCN1CCC(CNC(=O)c2ccccc2)(c2nc(-c3ccccc3)cs2)CC1. The number of carbonyl (C=O) groups is 1. The molecule has 1 fully saturated rings. The van der Waals surface area contributed by atoms with Gasteiger partial charge in [0.25, 0.3) is 5.91 Å². The Labute approximate surface area is 219 Å². The molecule has 1 aromatic heterocycles. The molecule has 0 aliphatic carbocycles. The van der Waals surface area contributed by atoms with Crippen molar-refractivity contribution in [2.45, 2.75) is 31.6 Å². The van der Waals surface area contributed by atoms with E-state index < -0.39 is 0 Å². The maximum Gasteiger partial charge on any atom is 0.251 e. The number of aromatic nitrogens is 1. The van der Waals surface area contributed by atoms with E-state index in [1.165, 1.54) is 0 Å². The van der Waals surface area contributed by atoms with Crippen LogP contribution in [-0.2, 0) is 5.41 Å². The molecule has 0 unspecified atom stereocenters. The van der Waals surface area contributed by atoms with Crippen LogP contribution < -0.4 is 5.32 Å². The highest BCUT2D eigenvalue weighted by molar-refractivity contribution is 7.10. The van der Waals surface area contributed by atoms with Gasteiger partial charge in [0.05, 0.1) is 5.69 Å². The molecular formula is C30H36N4OS. The zero-order chi connectivity index (χ0) is 25.2. The average Bonchev–Trinajstić information content (AvgIpc) is 3.44. The second-order valence-electron chi connectivity index (χ2n) is 9.55. The number of rotatable bonds is 10. The van der Waals surface area contributed by atoms with Crippen molar-refractivity contribution in [2.75, 3.05) is 46.3 Å². The number of likely N-dealkylation sites (N-methyl/N-ethyl adjacent to an activating group) is 1. The molecular weight excluding hydrogens is 464 g/mol. The summed E-state index contributed by atoms with van der Waals surface area (Å²) in [7, 11) is 2.17. The summed E-state index contributed by atoms with van der Waals surface area (Å²) < 4.78 is 0. The van der Waals surface area contributed by atoms with Crippen LogP contribution in [-0.4, -0.2) is 67.0 Å². The minimum Gasteiger partial charge on any atom is -0.351 e. The van der Waals surface area contributed by atoms with Gasteiger partial charge < -0.3 is 15.1 Å². The first-order valence-electron chi connectivity index (χ1n) is 12.7. The molecule has 36 heavy (non-hydrogen) atoms. The van der Waals surface area contributed by atoms with Crippen LogP contribution in [0.15, 0.2) is 66.0 Å². The number of hydrogen-bond acceptors (Lipinski definition) is 5. The Morgan fingerprint density at radius 3 is 2.47 bits per heavy atom. The Morgan fingerprint density at radius 1 is 1.08 bits per heavy atom. The van der Waals surface area contributed by atoms with Gasteiger partial charge in [0, 0.05) is 54.5 Å². The first-order valence-corrected chi connectivity index (χ1v) is 13.6. The fraction of sp³-hybridized carbons (Fsp3) is 0.400. The molecule has 4 rings (SSSR count). The predicted molar refractivity (Wildman–Crippen MR) is 149 cm³/mol. The summed E-state index contributed by atoms with van der Waals surface area (Å²) in [5, 5.41) is 6.53. The molecule has 1 amide bonds. The van der Waals surface area contributed by atoms with E-state index in [0.29, 0.717) is 12.1 Å². The molecule has 1 N–H and O–H groups in total. The van der Waals surface area contributed by atoms with E-state index in [4.69, 9.17) is 4.98 Å². The first kappa shape index (κ1) is 26.1. The van der Waals surface area contributed by atoms with Gasteiger partial charge >= 0.3 is 0 Å². The third-order valence-corrected chi connectivity index (χ3v) is 8.15. The van der Waals surface area contributed by atoms with E-state index >= 15 is 0 Å². The summed E-state index contributed by atoms with van der Waals surface area (Å²) >= 11 is 1.73. The maximum absolute atomic E-state index is 12.9. The maximum atomic E-state index is 12.9. The zero-order valence-electron chi connectivity index (χ0n) is 21.4. The number of likely N-dealkylation sites (tertiary alicyclic amines) is 1. The van der Waals surface area contributed by atoms with Gasteiger partial charge in [-0.1, -0.05) is 48.5 Å². The fourth-order valence-electron chi connectivity index (χ4n) is 4.67. The summed E-state index contributed by atoms with van der Waals surface area (Å²) in [5.74, 6) is 6.10. The number of thiazole rings is 1. The summed E-state index contributed by atoms with van der Waals surface area (Å²) in [6, 6.07) is 19.8. The van der Waals surface area contributed by atoms with E-state index in [0.717, 1.165) is 68.3 Å². The Hall–Kier alpha value is -2.98. The lowest BCUT2D eigenvalue weighted by molar-refractivity contribution is 0.0918. The van der Waals surface area contributed by atoms with Crippen LogP contribution in [0.3, 0.4) is 0 Å². The van der Waals surface area contributed by atoms with Crippen LogP contribution in [0.2, 0.25) is 0 Å². The molecule has 2 aromatic carbocycles. The van der Waals surface area contributed by atoms with Crippen LogP contribution in [0.5, 0.6) is 0 Å². The highest BCUT2D eigenvalue weighted by atomic mass is 32.1. The van der Waals surface area contributed by atoms with Crippen LogP contribution >= 0.6 is 11.3 Å². The van der Waals surface area contributed by atoms with E-state index in [1.807, 2.05) is 43.3 Å². The van der Waals surface area contributed by atoms with E-state index in [-0.39, 0.29) is 11.3 Å². The molecule has 3 aromatic rings. The third-order valence-electron chi connectivity index (χ3n) is 7.06. The lowest BCUT2D eigenvalue weighted by Gasteiger charge is -2.41. The van der Waals surface area contributed by atoms with Crippen molar-refractivity contribution >= 4 is 17.2 Å². The topological polar surface area (TPSA) is 48.5 Å². The van der Waals surface area contributed by atoms with Crippen molar-refractivity contribution in [2.24, 2.45) is 0 Å². The standard InChI is InChI=1S/C30H36N4OS/c1-3-4-11-18-33(2)21-22-34-19-16-30(17-20-34,24-31-28(35)26-14-9-6-10-15-26)29-32-27(23-36-29)25-12-7-5-8-13-25/h5-10,12-15,23H,11,16-22,24H2,1-2H3,(H,31,35). The quantitative estimate of drug-likeness (QED) is 0.402. The summed E-state index contributed by atoms with van der Waals surface area (Å²) in [6.45, 7) is 7.60. The number of carbonyl (C=O) groups excluding carboxylic acids is 1. The molecule has 1 aliphatic heterocycles. The van der Waals surface area contributed by atoms with Gasteiger partial charge in [-0.05, 0) is 52.0 Å². The van der Waals surface area contributed by atoms with Crippen LogP contribution in [0.4, 0.5) is 0 Å². The lowest BCUT2D eigenvalue weighted by Crippen LogP contribution is -2.50. The molecule has 0 saturated carbocycles. The largest absolute Gasteiger partial charge is 0.351 e. The van der Waals surface area contributed by atoms with Gasteiger partial charge in [0.1, 0.15) is 5.01 Å². The van der Waals surface area contributed by atoms with Crippen LogP contribution in [0.25, 0.3) is 11.3 Å². The molecule has 5 nitrogen and oxygen atoms in total. The van der Waals surface area contributed by atoms with Gasteiger partial charge in [0.15, 0.2) is 0 Å². The highest BCUT2D eigenvalue weighted by Gasteiger charge is 2.39. The molecule has 0 radical (unpaired) electrons. The molecule has 1 saturated heterocycles. The molecule has 0 bridgehead atoms. The number of piperidine rings is 1. The Balaban J connectivity index is 1.44. The summed E-state index contributed by atoms with van der Waals surface area (Å²) in [6.07, 6.45) is 2.88. The third kappa shape index (κ3) is 6.82. The predicted octanol–water partition coefficient (Wildman–Crippen LogP) is 4.92. The first-order chi connectivity index (χ1) is 17.6. The minimum atomic E-state index is -0.152. The summed E-state index contributed by atoms with van der Waals surface area (Å²) in [4.78, 5) is 22.9. The second-order valence-corrected chi connectivity index (χ2v) is 10.4. The van der Waals surface area contributed by atoms with Crippen molar-refractivity contribution in [1.29, 1.82) is 0 Å². The van der Waals surface area contributed by atoms with Gasteiger partial charge in [-0.2, -0.15) is 0 Å². The van der Waals surface area contributed by atoms with Crippen molar-refractivity contribution in [3.63, 3.8) is 0 Å². The van der Waals surface area contributed by atoms with Crippen molar-refractivity contribution in [3.8, 4) is 23.1 Å². The normalized spacial score (nSPS) is 15.3. The Bertz CT molecular complexity index is 1160. The monoisotopic (exact) mass is 500 g/mol. The van der Waals surface area contributed by atoms with Crippen LogP contribution in [0, 0.1) is 11.8 Å². The van der Waals surface area contributed by atoms with Crippen molar-refractivity contribution in [3.05, 3.63) is 76.6 Å². The van der Waals surface area contributed by atoms with Gasteiger partial charge in [0.2, 0.25) is 0 Å². The van der Waals surface area contributed by atoms with Crippen molar-refractivity contribution < 1.29 is 4.79 Å². The highest BCUT2D eigenvalue weighted by Crippen LogP contribution is 2.38. The second kappa shape index (κ2) is 12.8. The molecule has 1 aliphatic rings. The Kier molecular flexibility index (Phi) is 9.29. The van der Waals surface area contributed by atoms with Gasteiger partial charge in [-0.25, -0.2) is 4.98 Å². The number of hydrogen-bond donors (Lipinski definition) is 1. The number of amides is 1. The Morgan fingerprint density at radius 2 is 1.78 bits per heavy atom. The molecule has 6 heteroatoms. The summed E-state index contributed by atoms with van der Waals surface area (Å²) in [5.41, 5.74) is 2.70. The molecule has 188 valence electrons. The smallest absolute Gasteiger partial charge is 0.251 e. The number of nitrogens with zero attached hydrogens (tertiary/aromatic N) is 3. The van der Waals surface area contributed by atoms with Gasteiger partial charge in [-0.3, -0.25) is 4.79 Å². The number of benzene rings is 2. The lowest BCUT2D eigenvalue weighted by atomic mass is 9.78. The van der Waals surface area contributed by atoms with Crippen LogP contribution in [0.1, 0.15) is 41.6 Å². The molecule has 2 heterocycles. The average molecular weight is 501 g/mol. The minimum absolute atomic E-state index is 0.0194. The zero-order valence-corrected chi connectivity index (χ0v) is 22.2. The molecule has 0 spiro atoms.